The second kappa shape index (κ2) is 27.3. The largest absolute Gasteiger partial charge is 0.394 e. The summed E-state index contributed by atoms with van der Waals surface area (Å²) in [6, 6.07) is -0.859. The third-order valence-electron chi connectivity index (χ3n) is 6.38. The molecule has 0 rings (SSSR count). The summed E-state index contributed by atoms with van der Waals surface area (Å²) in [5.41, 5.74) is 0. The second-order valence-corrected chi connectivity index (χ2v) is 9.93. The number of carbonyl (C=O) groups excluding carboxylic acids is 1. The molecule has 0 saturated heterocycles. The fourth-order valence-corrected chi connectivity index (χ4v) is 4.00. The van der Waals surface area contributed by atoms with Crippen molar-refractivity contribution in [3.05, 3.63) is 48.6 Å². The van der Waals surface area contributed by atoms with E-state index in [2.05, 4.69) is 61.7 Å². The third kappa shape index (κ3) is 23.2. The van der Waals surface area contributed by atoms with Crippen molar-refractivity contribution in [1.29, 1.82) is 0 Å². The molecule has 0 radical (unpaired) electrons. The van der Waals surface area contributed by atoms with Gasteiger partial charge in [0, 0.05) is 6.42 Å². The highest BCUT2D eigenvalue weighted by Gasteiger charge is 2.26. The molecule has 0 aliphatic carbocycles. The number of nitrogens with one attached hydrogen (secondary N) is 1. The highest BCUT2D eigenvalue weighted by molar-refractivity contribution is 5.76. The van der Waals surface area contributed by atoms with Gasteiger partial charge in [0.05, 0.1) is 18.8 Å². The van der Waals surface area contributed by atoms with Crippen LogP contribution in [0, 0.1) is 0 Å². The molecule has 0 aromatic rings. The highest BCUT2D eigenvalue weighted by atomic mass is 16.3. The zero-order valence-electron chi connectivity index (χ0n) is 23.8. The molecule has 3 unspecified atom stereocenters. The van der Waals surface area contributed by atoms with Gasteiger partial charge in [-0.05, 0) is 64.2 Å². The summed E-state index contributed by atoms with van der Waals surface area (Å²) >= 11 is 0. The Balaban J connectivity index is 3.96. The van der Waals surface area contributed by atoms with Crippen LogP contribution in [0.25, 0.3) is 0 Å². The summed E-state index contributed by atoms with van der Waals surface area (Å²) in [5.74, 6) is -0.232. The van der Waals surface area contributed by atoms with E-state index in [4.69, 9.17) is 0 Å². The van der Waals surface area contributed by atoms with Crippen molar-refractivity contribution in [1.82, 2.24) is 5.32 Å². The topological polar surface area (TPSA) is 89.8 Å². The smallest absolute Gasteiger partial charge is 0.220 e. The van der Waals surface area contributed by atoms with E-state index in [9.17, 15) is 20.1 Å². The van der Waals surface area contributed by atoms with Gasteiger partial charge in [-0.2, -0.15) is 0 Å². The summed E-state index contributed by atoms with van der Waals surface area (Å²) in [6.45, 7) is 4.00. The number of allylic oxidation sites excluding steroid dienone is 8. The van der Waals surface area contributed by atoms with Gasteiger partial charge in [0.15, 0.2) is 0 Å². The van der Waals surface area contributed by atoms with Gasteiger partial charge >= 0.3 is 0 Å². The van der Waals surface area contributed by atoms with Gasteiger partial charge in [-0.15, -0.1) is 0 Å². The third-order valence-corrected chi connectivity index (χ3v) is 6.38. The van der Waals surface area contributed by atoms with Crippen molar-refractivity contribution in [2.24, 2.45) is 0 Å². The minimum Gasteiger partial charge on any atom is -0.394 e. The van der Waals surface area contributed by atoms with E-state index in [1.54, 1.807) is 0 Å². The molecule has 5 heteroatoms. The highest BCUT2D eigenvalue weighted by Crippen LogP contribution is 2.10. The first-order valence-electron chi connectivity index (χ1n) is 14.9. The quantitative estimate of drug-likeness (QED) is 0.0766. The molecule has 214 valence electrons. The van der Waals surface area contributed by atoms with Gasteiger partial charge in [0.2, 0.25) is 5.91 Å². The van der Waals surface area contributed by atoms with Crippen LogP contribution >= 0.6 is 0 Å². The number of unbranched alkanes of at least 4 members (excludes halogenated alkanes) is 9. The number of rotatable bonds is 25. The Morgan fingerprint density at radius 1 is 0.676 bits per heavy atom. The number of aliphatic hydroxyl groups is 3. The number of hydrogen-bond donors (Lipinski definition) is 4. The lowest BCUT2D eigenvalue weighted by Gasteiger charge is -2.26. The zero-order chi connectivity index (χ0) is 27.4. The lowest BCUT2D eigenvalue weighted by Crippen LogP contribution is -2.50. The van der Waals surface area contributed by atoms with Crippen LogP contribution in [-0.4, -0.2) is 46.1 Å². The lowest BCUT2D eigenvalue weighted by atomic mass is 10.0. The van der Waals surface area contributed by atoms with Crippen LogP contribution in [0.1, 0.15) is 123 Å². The Kier molecular flexibility index (Phi) is 26.1. The number of amides is 1. The first kappa shape index (κ1) is 35.3. The van der Waals surface area contributed by atoms with Crippen LogP contribution in [0.4, 0.5) is 0 Å². The van der Waals surface area contributed by atoms with Gasteiger partial charge in [-0.25, -0.2) is 0 Å². The number of hydrogen-bond acceptors (Lipinski definition) is 4. The molecule has 0 fully saturated rings. The molecule has 0 aromatic heterocycles. The lowest BCUT2D eigenvalue weighted by molar-refractivity contribution is -0.124. The minimum atomic E-state index is -1.19. The first-order chi connectivity index (χ1) is 18.1. The van der Waals surface area contributed by atoms with Crippen molar-refractivity contribution in [3.8, 4) is 0 Å². The van der Waals surface area contributed by atoms with Crippen LogP contribution in [0.3, 0.4) is 0 Å². The minimum absolute atomic E-state index is 0.232. The monoisotopic (exact) mass is 519 g/mol. The van der Waals surface area contributed by atoms with E-state index in [-0.39, 0.29) is 12.3 Å². The summed E-state index contributed by atoms with van der Waals surface area (Å²) in [4.78, 5) is 12.2. The molecular formula is C32H57NO4. The molecule has 3 atom stereocenters. The molecule has 0 heterocycles. The second-order valence-electron chi connectivity index (χ2n) is 9.93. The van der Waals surface area contributed by atoms with E-state index < -0.39 is 24.9 Å². The van der Waals surface area contributed by atoms with E-state index in [0.717, 1.165) is 44.9 Å². The van der Waals surface area contributed by atoms with Gasteiger partial charge in [-0.3, -0.25) is 4.79 Å². The summed E-state index contributed by atoms with van der Waals surface area (Å²) in [7, 11) is 0. The normalized spacial score (nSPS) is 14.8. The maximum atomic E-state index is 12.2. The predicted molar refractivity (Wildman–Crippen MR) is 157 cm³/mol. The van der Waals surface area contributed by atoms with Gasteiger partial charge < -0.3 is 20.6 Å². The van der Waals surface area contributed by atoms with Crippen molar-refractivity contribution in [2.75, 3.05) is 6.61 Å². The maximum Gasteiger partial charge on any atom is 0.220 e. The Hall–Kier alpha value is -1.69. The average Bonchev–Trinajstić information content (AvgIpc) is 2.90. The standard InChI is InChI=1S/C32H57NO4/c1-3-5-7-9-11-13-15-16-17-19-21-23-25-27-31(36)33-29(28-34)32(37)30(35)26-24-22-20-18-14-12-10-8-6-4-2/h8,10,16-18,20-21,23,29-30,32,34-35,37H,3-7,9,11-15,19,22,24-28H2,1-2H3,(H,33,36)/b10-8+,17-16-,20-18+,23-21-. The molecule has 0 aromatic carbocycles. The Bertz CT molecular complexity index is 626. The molecule has 0 spiro atoms. The molecule has 4 N–H and O–H groups in total. The molecular weight excluding hydrogens is 462 g/mol. The van der Waals surface area contributed by atoms with Crippen molar-refractivity contribution in [2.45, 2.75) is 141 Å². The number of carbonyl (C=O) groups is 1. The fourth-order valence-electron chi connectivity index (χ4n) is 4.00. The SMILES string of the molecule is CCC/C=C/CC/C=C/CCCC(O)C(O)C(CO)NC(=O)CC/C=C\C/C=C\CCCCCCCC. The average molecular weight is 520 g/mol. The van der Waals surface area contributed by atoms with Crippen LogP contribution in [0.15, 0.2) is 48.6 Å². The van der Waals surface area contributed by atoms with E-state index >= 15 is 0 Å². The maximum absolute atomic E-state index is 12.2. The summed E-state index contributed by atoms with van der Waals surface area (Å²) in [6.07, 6.45) is 32.1. The van der Waals surface area contributed by atoms with E-state index in [1.165, 1.54) is 44.9 Å². The van der Waals surface area contributed by atoms with Crippen molar-refractivity contribution >= 4 is 5.91 Å². The Labute approximate surface area is 227 Å². The molecule has 1 amide bonds. The van der Waals surface area contributed by atoms with Crippen LogP contribution in [0.5, 0.6) is 0 Å². The Morgan fingerprint density at radius 3 is 1.92 bits per heavy atom. The molecule has 0 aliphatic rings. The predicted octanol–water partition coefficient (Wildman–Crippen LogP) is 7.08. The van der Waals surface area contributed by atoms with Crippen LogP contribution in [0.2, 0.25) is 0 Å². The van der Waals surface area contributed by atoms with Gasteiger partial charge in [0.1, 0.15) is 6.10 Å². The summed E-state index contributed by atoms with van der Waals surface area (Å²) < 4.78 is 0. The van der Waals surface area contributed by atoms with Crippen molar-refractivity contribution < 1.29 is 20.1 Å². The van der Waals surface area contributed by atoms with E-state index in [0.29, 0.717) is 12.8 Å². The molecule has 0 bridgehead atoms. The molecule has 5 nitrogen and oxygen atoms in total. The molecule has 0 saturated carbocycles. The molecule has 37 heavy (non-hydrogen) atoms. The molecule has 0 aliphatic heterocycles. The van der Waals surface area contributed by atoms with Gasteiger partial charge in [-0.1, -0.05) is 101 Å². The fraction of sp³-hybridized carbons (Fsp3) is 0.719. The zero-order valence-corrected chi connectivity index (χ0v) is 23.8. The van der Waals surface area contributed by atoms with Gasteiger partial charge in [0.25, 0.3) is 0 Å². The van der Waals surface area contributed by atoms with Crippen molar-refractivity contribution in [3.63, 3.8) is 0 Å². The first-order valence-corrected chi connectivity index (χ1v) is 14.9. The van der Waals surface area contributed by atoms with Crippen LogP contribution < -0.4 is 5.32 Å². The summed E-state index contributed by atoms with van der Waals surface area (Å²) in [5, 5.41) is 32.9. The Morgan fingerprint density at radius 2 is 1.24 bits per heavy atom. The number of aliphatic hydroxyl groups excluding tert-OH is 3. The van der Waals surface area contributed by atoms with E-state index in [1.807, 2.05) is 6.08 Å². The van der Waals surface area contributed by atoms with Crippen LogP contribution in [-0.2, 0) is 4.79 Å².